The summed E-state index contributed by atoms with van der Waals surface area (Å²) < 4.78 is 26.2. The average molecular weight is 775 g/mol. The smallest absolute Gasteiger partial charge is 0.462 e. The van der Waals surface area contributed by atoms with Crippen LogP contribution in [0.2, 0.25) is 0 Å². The Bertz CT molecular complexity index is 1210. The highest BCUT2D eigenvalue weighted by Crippen LogP contribution is 2.36. The highest BCUT2D eigenvalue weighted by atomic mass is 31.2. The molecule has 0 fully saturated rings. The molecule has 0 spiro atoms. The molecule has 0 aliphatic heterocycles. The number of hydrogen-bond acceptors (Lipinski definition) is 7. The quantitative estimate of drug-likeness (QED) is 0.0189. The number of phosphoric ester groups is 1. The summed E-state index contributed by atoms with van der Waals surface area (Å²) in [5.74, 6) is -1.19. The summed E-state index contributed by atoms with van der Waals surface area (Å²) in [5.41, 5.74) is 0. The second-order valence-electron chi connectivity index (χ2n) is 13.1. The number of carbonyl (C=O) groups is 2. The number of ether oxygens (including phenoxy) is 2. The van der Waals surface area contributed by atoms with Crippen LogP contribution in [0.1, 0.15) is 142 Å². The standard InChI is InChI=1S/C44H71O9P/c1-3-5-7-9-11-13-15-17-19-21-23-25-27-29-31-33-35-41(45)37-38-43(46)51-39-42(40-52-54(48,49)50)53-44(47)36-34-32-30-28-26-24-22-20-18-16-14-12-10-8-6-4-2/h5,7,11-14,17-20,23,25,29,31,33,35,41-42,45H,3-4,6,8-10,15-16,21-22,24,26-28,30,32,34,36-40H2,1-2H3,(H2,48,49,50)/b7-5-,13-11-,14-12-,19-17-,20-18-,25-23-,31-29-,35-33-/t41?,42-/m1/s1. The summed E-state index contributed by atoms with van der Waals surface area (Å²) in [7, 11) is -4.82. The van der Waals surface area contributed by atoms with Gasteiger partial charge in [0.15, 0.2) is 6.10 Å². The van der Waals surface area contributed by atoms with Gasteiger partial charge >= 0.3 is 19.8 Å². The van der Waals surface area contributed by atoms with Gasteiger partial charge in [0.2, 0.25) is 0 Å². The normalized spacial score (nSPS) is 14.1. The van der Waals surface area contributed by atoms with E-state index in [4.69, 9.17) is 19.3 Å². The third-order valence-corrected chi connectivity index (χ3v) is 8.44. The van der Waals surface area contributed by atoms with Crippen molar-refractivity contribution in [2.75, 3.05) is 13.2 Å². The molecule has 0 aromatic rings. The van der Waals surface area contributed by atoms with Gasteiger partial charge in [-0.15, -0.1) is 0 Å². The first-order valence-electron chi connectivity index (χ1n) is 20.1. The summed E-state index contributed by atoms with van der Waals surface area (Å²) in [6.45, 7) is 3.31. The van der Waals surface area contributed by atoms with Crippen molar-refractivity contribution >= 4 is 19.8 Å². The Kier molecular flexibility index (Phi) is 36.0. The topological polar surface area (TPSA) is 140 Å². The average Bonchev–Trinajstić information content (AvgIpc) is 3.14. The van der Waals surface area contributed by atoms with E-state index in [1.807, 2.05) is 12.2 Å². The monoisotopic (exact) mass is 774 g/mol. The largest absolute Gasteiger partial charge is 0.469 e. The SMILES string of the molecule is CC/C=C\C/C=C\C/C=C\C/C=C\C/C=C\C=C/C(O)CCC(=O)OC[C@H](COP(=O)(O)O)OC(=O)CCCCCCCC/C=C\C/C=C\CCCCC. The predicted molar refractivity (Wildman–Crippen MR) is 222 cm³/mol. The van der Waals surface area contributed by atoms with Gasteiger partial charge in [0, 0.05) is 12.8 Å². The molecular formula is C44H71O9P. The van der Waals surface area contributed by atoms with Crippen molar-refractivity contribution in [3.63, 3.8) is 0 Å². The lowest BCUT2D eigenvalue weighted by atomic mass is 10.1. The molecule has 0 aromatic heterocycles. The van der Waals surface area contributed by atoms with Crippen LogP contribution in [0.25, 0.3) is 0 Å². The fourth-order valence-electron chi connectivity index (χ4n) is 4.92. The maximum atomic E-state index is 12.4. The fourth-order valence-corrected chi connectivity index (χ4v) is 5.28. The molecule has 9 nitrogen and oxygen atoms in total. The van der Waals surface area contributed by atoms with Gasteiger partial charge in [0.05, 0.1) is 12.7 Å². The Hall–Kier alpha value is -3.07. The van der Waals surface area contributed by atoms with Crippen LogP contribution in [-0.2, 0) is 28.2 Å². The van der Waals surface area contributed by atoms with E-state index in [-0.39, 0.29) is 19.3 Å². The molecule has 0 radical (unpaired) electrons. The Labute approximate surface area is 327 Å². The van der Waals surface area contributed by atoms with Gasteiger partial charge in [-0.05, 0) is 77.0 Å². The summed E-state index contributed by atoms with van der Waals surface area (Å²) in [4.78, 5) is 42.8. The molecule has 54 heavy (non-hydrogen) atoms. The Balaban J connectivity index is 4.22. The minimum absolute atomic E-state index is 0.0932. The van der Waals surface area contributed by atoms with Crippen LogP contribution < -0.4 is 0 Å². The molecule has 1 unspecified atom stereocenters. The molecule has 2 atom stereocenters. The third-order valence-electron chi connectivity index (χ3n) is 7.95. The van der Waals surface area contributed by atoms with Gasteiger partial charge in [-0.3, -0.25) is 14.1 Å². The van der Waals surface area contributed by atoms with Gasteiger partial charge < -0.3 is 24.4 Å². The Morgan fingerprint density at radius 2 is 1.11 bits per heavy atom. The molecular weight excluding hydrogens is 703 g/mol. The van der Waals surface area contributed by atoms with Crippen molar-refractivity contribution in [3.05, 3.63) is 97.2 Å². The van der Waals surface area contributed by atoms with Crippen molar-refractivity contribution in [2.45, 2.75) is 154 Å². The van der Waals surface area contributed by atoms with Gasteiger partial charge in [-0.1, -0.05) is 150 Å². The highest BCUT2D eigenvalue weighted by molar-refractivity contribution is 7.46. The Morgan fingerprint density at radius 3 is 1.69 bits per heavy atom. The number of hydrogen-bond donors (Lipinski definition) is 3. The van der Waals surface area contributed by atoms with E-state index in [1.54, 1.807) is 12.2 Å². The maximum absolute atomic E-state index is 12.4. The van der Waals surface area contributed by atoms with E-state index in [1.165, 1.54) is 25.7 Å². The van der Waals surface area contributed by atoms with Crippen molar-refractivity contribution < 1.29 is 43.0 Å². The third kappa shape index (κ3) is 40.1. The van der Waals surface area contributed by atoms with Crippen LogP contribution in [0.5, 0.6) is 0 Å². The molecule has 0 saturated heterocycles. The van der Waals surface area contributed by atoms with Crippen LogP contribution >= 0.6 is 7.82 Å². The molecule has 3 N–H and O–H groups in total. The second kappa shape index (κ2) is 38.2. The van der Waals surface area contributed by atoms with Crippen LogP contribution in [0.15, 0.2) is 97.2 Å². The molecule has 0 heterocycles. The predicted octanol–water partition coefficient (Wildman–Crippen LogP) is 11.2. The number of carbonyl (C=O) groups excluding carboxylic acids is 2. The van der Waals surface area contributed by atoms with Gasteiger partial charge in [0.1, 0.15) is 6.61 Å². The summed E-state index contributed by atoms with van der Waals surface area (Å²) in [6, 6.07) is 0. The van der Waals surface area contributed by atoms with E-state index < -0.39 is 45.2 Å². The maximum Gasteiger partial charge on any atom is 0.469 e. The van der Waals surface area contributed by atoms with Crippen LogP contribution in [0.4, 0.5) is 0 Å². The molecule has 0 saturated carbocycles. The molecule has 0 bridgehead atoms. The fraction of sp³-hybridized carbons (Fsp3) is 0.591. The summed E-state index contributed by atoms with van der Waals surface area (Å²) in [6.07, 6.45) is 48.8. The van der Waals surface area contributed by atoms with E-state index in [2.05, 4.69) is 91.3 Å². The number of aliphatic hydroxyl groups excluding tert-OH is 1. The second-order valence-corrected chi connectivity index (χ2v) is 14.3. The summed E-state index contributed by atoms with van der Waals surface area (Å²) >= 11 is 0. The molecule has 0 aromatic carbocycles. The van der Waals surface area contributed by atoms with Crippen LogP contribution in [0.3, 0.4) is 0 Å². The Morgan fingerprint density at radius 1 is 0.593 bits per heavy atom. The lowest BCUT2D eigenvalue weighted by Gasteiger charge is -2.18. The number of rotatable bonds is 35. The number of esters is 2. The van der Waals surface area contributed by atoms with Crippen LogP contribution in [-0.4, -0.2) is 52.3 Å². The first kappa shape index (κ1) is 50.9. The van der Waals surface area contributed by atoms with Crippen molar-refractivity contribution in [1.82, 2.24) is 0 Å². The van der Waals surface area contributed by atoms with Crippen molar-refractivity contribution in [2.24, 2.45) is 0 Å². The molecule has 0 rings (SSSR count). The first-order valence-corrected chi connectivity index (χ1v) is 21.7. The van der Waals surface area contributed by atoms with Gasteiger partial charge in [-0.2, -0.15) is 0 Å². The molecule has 0 aliphatic carbocycles. The van der Waals surface area contributed by atoms with E-state index in [9.17, 15) is 19.3 Å². The zero-order valence-corrected chi connectivity index (χ0v) is 34.1. The number of unbranched alkanes of at least 4 members (excludes halogenated alkanes) is 9. The van der Waals surface area contributed by atoms with E-state index in [0.29, 0.717) is 6.42 Å². The number of phosphoric acid groups is 1. The zero-order chi connectivity index (χ0) is 39.8. The molecule has 306 valence electrons. The van der Waals surface area contributed by atoms with Gasteiger partial charge in [0.25, 0.3) is 0 Å². The zero-order valence-electron chi connectivity index (χ0n) is 33.2. The number of aliphatic hydroxyl groups is 1. The van der Waals surface area contributed by atoms with Crippen LogP contribution in [0, 0.1) is 0 Å². The molecule has 10 heteroatoms. The minimum atomic E-state index is -4.82. The van der Waals surface area contributed by atoms with E-state index >= 15 is 0 Å². The van der Waals surface area contributed by atoms with Crippen molar-refractivity contribution in [3.8, 4) is 0 Å². The highest BCUT2D eigenvalue weighted by Gasteiger charge is 2.23. The lowest BCUT2D eigenvalue weighted by Crippen LogP contribution is -2.29. The van der Waals surface area contributed by atoms with Crippen molar-refractivity contribution in [1.29, 1.82) is 0 Å². The van der Waals surface area contributed by atoms with Gasteiger partial charge in [-0.25, -0.2) is 4.57 Å². The first-order chi connectivity index (χ1) is 26.2. The minimum Gasteiger partial charge on any atom is -0.462 e. The molecule has 0 amide bonds. The number of allylic oxidation sites excluding steroid dienone is 15. The van der Waals surface area contributed by atoms with E-state index in [0.717, 1.165) is 77.0 Å². The lowest BCUT2D eigenvalue weighted by molar-refractivity contribution is -0.161. The molecule has 0 aliphatic rings. The summed E-state index contributed by atoms with van der Waals surface area (Å²) in [5, 5.41) is 10.2.